The van der Waals surface area contributed by atoms with Crippen LogP contribution in [0.25, 0.3) is 0 Å². The van der Waals surface area contributed by atoms with E-state index in [-0.39, 0.29) is 24.9 Å². The van der Waals surface area contributed by atoms with Crippen LogP contribution in [-0.2, 0) is 14.3 Å². The molecule has 3 unspecified atom stereocenters. The third kappa shape index (κ3) is 41.1. The van der Waals surface area contributed by atoms with Crippen LogP contribution >= 0.6 is 0 Å². The summed E-state index contributed by atoms with van der Waals surface area (Å²) in [6.45, 7) is 6.44. The molecule has 0 aromatic heterocycles. The average Bonchev–Trinajstić information content (AvgIpc) is 3.21. The summed E-state index contributed by atoms with van der Waals surface area (Å²) in [5.74, 6) is -0.476. The van der Waals surface area contributed by atoms with Crippen LogP contribution in [0, 0.1) is 0 Å². The van der Waals surface area contributed by atoms with Gasteiger partial charge in [-0.15, -0.1) is 0 Å². The molecule has 0 saturated carbocycles. The van der Waals surface area contributed by atoms with Gasteiger partial charge >= 0.3 is 5.97 Å². The van der Waals surface area contributed by atoms with E-state index in [0.29, 0.717) is 19.3 Å². The number of ether oxygens (including phenoxy) is 1. The number of hydrogen-bond acceptors (Lipinski definition) is 5. The first kappa shape index (κ1) is 56.3. The standard InChI is InChI=1S/C52H99NO5/c1-4-7-10-13-16-18-20-22-24-25-27-29-31-33-36-39-42-45-52(57)58-48(43-40-37-34-15-12-9-6-3)46-51(56)53-49(47-54)50(55)44-41-38-35-32-30-28-26-23-21-19-17-14-11-8-5-2/h16,18,22,24,48-50,54-55H,4-15,17,19-21,23,25-47H2,1-3H3,(H,53,56)/b18-16-,24-22-. The summed E-state index contributed by atoms with van der Waals surface area (Å²) in [4.78, 5) is 26.0. The summed E-state index contributed by atoms with van der Waals surface area (Å²) < 4.78 is 5.90. The zero-order valence-corrected chi connectivity index (χ0v) is 38.9. The van der Waals surface area contributed by atoms with Gasteiger partial charge in [-0.05, 0) is 57.8 Å². The minimum absolute atomic E-state index is 0.0781. The van der Waals surface area contributed by atoms with E-state index in [0.717, 1.165) is 57.8 Å². The van der Waals surface area contributed by atoms with E-state index in [1.54, 1.807) is 0 Å². The molecule has 0 aromatic rings. The van der Waals surface area contributed by atoms with Crippen molar-refractivity contribution in [2.24, 2.45) is 0 Å². The summed E-state index contributed by atoms with van der Waals surface area (Å²) >= 11 is 0. The molecule has 58 heavy (non-hydrogen) atoms. The molecule has 0 spiro atoms. The second-order valence-electron chi connectivity index (χ2n) is 17.6. The molecule has 6 heteroatoms. The van der Waals surface area contributed by atoms with Crippen molar-refractivity contribution in [3.05, 3.63) is 24.3 Å². The smallest absolute Gasteiger partial charge is 0.306 e. The molecule has 0 rings (SSSR count). The van der Waals surface area contributed by atoms with Crippen LogP contribution < -0.4 is 5.32 Å². The normalized spacial score (nSPS) is 13.4. The monoisotopic (exact) mass is 818 g/mol. The number of amides is 1. The Morgan fingerprint density at radius 2 is 0.879 bits per heavy atom. The van der Waals surface area contributed by atoms with Crippen LogP contribution in [0.15, 0.2) is 24.3 Å². The lowest BCUT2D eigenvalue weighted by molar-refractivity contribution is -0.151. The van der Waals surface area contributed by atoms with Crippen molar-refractivity contribution in [2.45, 2.75) is 289 Å². The predicted octanol–water partition coefficient (Wildman–Crippen LogP) is 15.1. The van der Waals surface area contributed by atoms with Gasteiger partial charge in [0.2, 0.25) is 5.91 Å². The maximum atomic E-state index is 13.1. The molecule has 6 nitrogen and oxygen atoms in total. The molecule has 0 radical (unpaired) electrons. The van der Waals surface area contributed by atoms with Crippen LogP contribution in [0.3, 0.4) is 0 Å². The predicted molar refractivity (Wildman–Crippen MR) is 250 cm³/mol. The first-order valence-electron chi connectivity index (χ1n) is 25.6. The fourth-order valence-electron chi connectivity index (χ4n) is 7.87. The molecular formula is C52H99NO5. The molecular weight excluding hydrogens is 719 g/mol. The average molecular weight is 818 g/mol. The fourth-order valence-corrected chi connectivity index (χ4v) is 7.87. The Balaban J connectivity index is 4.34. The number of unbranched alkanes of at least 4 members (excludes halogenated alkanes) is 30. The molecule has 0 aromatic carbocycles. The van der Waals surface area contributed by atoms with E-state index in [2.05, 4.69) is 50.4 Å². The molecule has 0 saturated heterocycles. The van der Waals surface area contributed by atoms with Crippen LogP contribution in [0.1, 0.15) is 271 Å². The first-order chi connectivity index (χ1) is 28.5. The number of hydrogen-bond donors (Lipinski definition) is 3. The largest absolute Gasteiger partial charge is 0.462 e. The van der Waals surface area contributed by atoms with E-state index >= 15 is 0 Å². The molecule has 0 aliphatic heterocycles. The SMILES string of the molecule is CCCCC/C=C\C/C=C\CCCCCCCCCC(=O)OC(CCCCCCCCC)CC(=O)NC(CO)C(O)CCCCCCCCCCCCCCCCC. The molecule has 0 aliphatic rings. The van der Waals surface area contributed by atoms with E-state index in [9.17, 15) is 19.8 Å². The fraction of sp³-hybridized carbons (Fsp3) is 0.885. The third-order valence-electron chi connectivity index (χ3n) is 11.8. The number of aliphatic hydroxyl groups is 2. The van der Waals surface area contributed by atoms with Gasteiger partial charge in [0.05, 0.1) is 25.2 Å². The molecule has 0 fully saturated rings. The van der Waals surface area contributed by atoms with Crippen LogP contribution in [0.2, 0.25) is 0 Å². The Hall–Kier alpha value is -1.66. The van der Waals surface area contributed by atoms with E-state index in [1.165, 1.54) is 167 Å². The van der Waals surface area contributed by atoms with Gasteiger partial charge in [-0.3, -0.25) is 9.59 Å². The minimum Gasteiger partial charge on any atom is -0.462 e. The Morgan fingerprint density at radius 1 is 0.500 bits per heavy atom. The number of nitrogens with one attached hydrogen (secondary N) is 1. The molecule has 0 aliphatic carbocycles. The summed E-state index contributed by atoms with van der Waals surface area (Å²) in [5, 5.41) is 23.7. The second-order valence-corrected chi connectivity index (χ2v) is 17.6. The van der Waals surface area contributed by atoms with Crippen LogP contribution in [0.4, 0.5) is 0 Å². The van der Waals surface area contributed by atoms with E-state index in [4.69, 9.17) is 4.74 Å². The summed E-state index contributed by atoms with van der Waals surface area (Å²) in [6.07, 6.45) is 52.5. The number of allylic oxidation sites excluding steroid dienone is 4. The molecule has 3 N–H and O–H groups in total. The van der Waals surface area contributed by atoms with Gasteiger partial charge in [0.25, 0.3) is 0 Å². The van der Waals surface area contributed by atoms with Crippen molar-refractivity contribution in [1.82, 2.24) is 5.32 Å². The number of aliphatic hydroxyl groups excluding tert-OH is 2. The first-order valence-corrected chi connectivity index (χ1v) is 25.6. The quantitative estimate of drug-likeness (QED) is 0.0323. The Kier molecular flexibility index (Phi) is 45.1. The van der Waals surface area contributed by atoms with Gasteiger partial charge in [-0.1, -0.05) is 225 Å². The van der Waals surface area contributed by atoms with E-state index in [1.807, 2.05) is 0 Å². The molecule has 0 bridgehead atoms. The Bertz CT molecular complexity index is 919. The second kappa shape index (κ2) is 46.4. The zero-order valence-electron chi connectivity index (χ0n) is 38.9. The maximum Gasteiger partial charge on any atom is 0.306 e. The minimum atomic E-state index is -0.783. The summed E-state index contributed by atoms with van der Waals surface area (Å²) in [7, 11) is 0. The maximum absolute atomic E-state index is 13.1. The third-order valence-corrected chi connectivity index (χ3v) is 11.8. The van der Waals surface area contributed by atoms with Gasteiger partial charge in [0.1, 0.15) is 6.10 Å². The van der Waals surface area contributed by atoms with Gasteiger partial charge in [0.15, 0.2) is 0 Å². The van der Waals surface area contributed by atoms with E-state index < -0.39 is 18.2 Å². The number of carbonyl (C=O) groups is 2. The summed E-state index contributed by atoms with van der Waals surface area (Å²) in [6, 6.07) is -0.696. The highest BCUT2D eigenvalue weighted by molar-refractivity contribution is 5.77. The van der Waals surface area contributed by atoms with Crippen LogP contribution in [-0.4, -0.2) is 46.9 Å². The van der Waals surface area contributed by atoms with Crippen molar-refractivity contribution < 1.29 is 24.5 Å². The van der Waals surface area contributed by atoms with Crippen molar-refractivity contribution >= 4 is 11.9 Å². The highest BCUT2D eigenvalue weighted by Gasteiger charge is 2.24. The zero-order chi connectivity index (χ0) is 42.4. The summed E-state index contributed by atoms with van der Waals surface area (Å²) in [5.41, 5.74) is 0. The number of carbonyl (C=O) groups excluding carboxylic acids is 2. The highest BCUT2D eigenvalue weighted by Crippen LogP contribution is 2.18. The van der Waals surface area contributed by atoms with Crippen molar-refractivity contribution in [3.63, 3.8) is 0 Å². The van der Waals surface area contributed by atoms with Gasteiger partial charge in [-0.2, -0.15) is 0 Å². The Labute approximate surface area is 361 Å². The number of rotatable bonds is 46. The topological polar surface area (TPSA) is 95.9 Å². The van der Waals surface area contributed by atoms with Crippen molar-refractivity contribution in [2.75, 3.05) is 6.61 Å². The molecule has 342 valence electrons. The van der Waals surface area contributed by atoms with Crippen LogP contribution in [0.5, 0.6) is 0 Å². The van der Waals surface area contributed by atoms with Gasteiger partial charge in [-0.25, -0.2) is 0 Å². The van der Waals surface area contributed by atoms with Gasteiger partial charge < -0.3 is 20.3 Å². The lowest BCUT2D eigenvalue weighted by Crippen LogP contribution is -2.46. The molecule has 1 amide bonds. The van der Waals surface area contributed by atoms with Crippen molar-refractivity contribution in [3.8, 4) is 0 Å². The number of esters is 1. The molecule has 0 heterocycles. The lowest BCUT2D eigenvalue weighted by atomic mass is 10.0. The van der Waals surface area contributed by atoms with Gasteiger partial charge in [0, 0.05) is 6.42 Å². The Morgan fingerprint density at radius 3 is 1.34 bits per heavy atom. The lowest BCUT2D eigenvalue weighted by Gasteiger charge is -2.24. The molecule has 3 atom stereocenters. The highest BCUT2D eigenvalue weighted by atomic mass is 16.5. The van der Waals surface area contributed by atoms with Crippen molar-refractivity contribution in [1.29, 1.82) is 0 Å².